The highest BCUT2D eigenvalue weighted by Gasteiger charge is 2.45. The molecule has 0 aliphatic carbocycles. The minimum absolute atomic E-state index is 0.0242. The van der Waals surface area contributed by atoms with Gasteiger partial charge in [0, 0.05) is 14.6 Å². The van der Waals surface area contributed by atoms with Gasteiger partial charge in [0.15, 0.2) is 0 Å². The van der Waals surface area contributed by atoms with E-state index in [1.165, 1.54) is 34.0 Å². The maximum Gasteiger partial charge on any atom is 0.551 e. The SMILES string of the molecule is O=C(O)C[C@@H](O)CC[C@H](NC(=O)Cc1cccs1)B1OC(=O)C[C@H](CC[C@H](NC(=O)Cc2cccs2)B2OC(=O)C[C@H](CC[C@H](NC(=O)Cc3cccs3)B(O)O)O2)O1. The highest BCUT2D eigenvalue weighted by Crippen LogP contribution is 2.25. The van der Waals surface area contributed by atoms with Gasteiger partial charge in [0.25, 0.3) is 11.9 Å². The van der Waals surface area contributed by atoms with Gasteiger partial charge >= 0.3 is 27.3 Å². The van der Waals surface area contributed by atoms with Gasteiger partial charge in [0.2, 0.25) is 17.7 Å². The van der Waals surface area contributed by atoms with Crippen molar-refractivity contribution in [2.75, 3.05) is 0 Å². The number of thiophene rings is 3. The Labute approximate surface area is 353 Å². The normalized spacial score (nSPS) is 18.8. The first-order chi connectivity index (χ1) is 28.3. The van der Waals surface area contributed by atoms with Crippen LogP contribution in [0.25, 0.3) is 0 Å². The summed E-state index contributed by atoms with van der Waals surface area (Å²) in [6.45, 7) is 0. The Hall–Kier alpha value is -4.09. The molecule has 2 fully saturated rings. The minimum Gasteiger partial charge on any atom is -0.508 e. The third-order valence-electron chi connectivity index (χ3n) is 9.56. The standard InChI is InChI=1S/C36H46B3N3O14S3/c43-22(16-34(47)48)7-10-29(41-32(45)20-26-5-2-14-58-26)38-54-24(18-36(50)55-38)9-12-30(42-33(46)21-27-6-3-15-59-27)39-53-23(17-35(49)56-39)8-11-28(37(51)52)40-31(44)19-25-4-1-13-57-25/h1-6,13-15,22-24,28-30,43,51-52H,7-12,16-21H2,(H,40,44)(H,41,45)(H,42,46)(H,47,48)/t22-,23-,24-,28-,29-,30-/m0/s1. The first-order valence-electron chi connectivity index (χ1n) is 19.2. The lowest BCUT2D eigenvalue weighted by Gasteiger charge is -2.35. The number of carboxylic acids is 1. The average Bonchev–Trinajstić information content (AvgIpc) is 3.99. The molecule has 5 rings (SSSR count). The Balaban J connectivity index is 1.24. The van der Waals surface area contributed by atoms with Gasteiger partial charge in [-0.25, -0.2) is 0 Å². The van der Waals surface area contributed by atoms with Crippen molar-refractivity contribution in [1.29, 1.82) is 0 Å². The highest BCUT2D eigenvalue weighted by atomic mass is 32.1. The zero-order chi connectivity index (χ0) is 42.3. The molecular formula is C36H46B3N3O14S3. The molecule has 0 saturated carbocycles. The van der Waals surface area contributed by atoms with Gasteiger partial charge in [-0.1, -0.05) is 18.2 Å². The topological polar surface area (TPSA) is 256 Å². The molecular weight excluding hydrogens is 827 g/mol. The number of amides is 3. The van der Waals surface area contributed by atoms with E-state index in [2.05, 4.69) is 16.0 Å². The number of carbonyl (C=O) groups excluding carboxylic acids is 5. The number of carbonyl (C=O) groups is 6. The van der Waals surface area contributed by atoms with Crippen LogP contribution in [-0.4, -0.2) is 113 Å². The van der Waals surface area contributed by atoms with E-state index in [9.17, 15) is 43.9 Å². The van der Waals surface area contributed by atoms with Gasteiger partial charge < -0.3 is 54.8 Å². The van der Waals surface area contributed by atoms with E-state index in [0.29, 0.717) is 0 Å². The molecule has 6 atom stereocenters. The summed E-state index contributed by atoms with van der Waals surface area (Å²) in [6, 6.07) is 10.8. The Bertz CT molecular complexity index is 1820. The predicted molar refractivity (Wildman–Crippen MR) is 219 cm³/mol. The molecule has 3 aromatic heterocycles. The van der Waals surface area contributed by atoms with Crippen LogP contribution >= 0.6 is 34.0 Å². The number of carboxylic acid groups (broad SMARTS) is 1. The maximum atomic E-state index is 13.3. The van der Waals surface area contributed by atoms with E-state index >= 15 is 0 Å². The van der Waals surface area contributed by atoms with E-state index < -0.39 is 93.6 Å². The van der Waals surface area contributed by atoms with Crippen LogP contribution in [0.5, 0.6) is 0 Å². The van der Waals surface area contributed by atoms with Crippen LogP contribution in [0, 0.1) is 0 Å². The molecule has 2 aliphatic rings. The maximum absolute atomic E-state index is 13.3. The van der Waals surface area contributed by atoms with Crippen LogP contribution in [0.2, 0.25) is 0 Å². The summed E-state index contributed by atoms with van der Waals surface area (Å²) in [6.07, 6.45) is -3.14. The van der Waals surface area contributed by atoms with Crippen LogP contribution < -0.4 is 16.0 Å². The van der Waals surface area contributed by atoms with E-state index in [1.54, 1.807) is 30.3 Å². The van der Waals surface area contributed by atoms with Crippen molar-refractivity contribution < 1.29 is 67.6 Å². The van der Waals surface area contributed by atoms with Gasteiger partial charge in [-0.3, -0.25) is 28.8 Å². The summed E-state index contributed by atoms with van der Waals surface area (Å²) in [5.74, 6) is -6.54. The quantitative estimate of drug-likeness (QED) is 0.0663. The van der Waals surface area contributed by atoms with Crippen molar-refractivity contribution in [1.82, 2.24) is 16.0 Å². The summed E-state index contributed by atoms with van der Waals surface area (Å²) in [5.41, 5.74) is 0. The fraction of sp³-hybridized carbons (Fsp3) is 0.500. The number of nitrogens with one attached hydrogen (secondary N) is 3. The third kappa shape index (κ3) is 15.8. The van der Waals surface area contributed by atoms with E-state index in [1.807, 2.05) is 22.2 Å². The Morgan fingerprint density at radius 1 is 0.695 bits per heavy atom. The molecule has 3 amide bonds. The van der Waals surface area contributed by atoms with Crippen LogP contribution in [0.1, 0.15) is 72.4 Å². The summed E-state index contributed by atoms with van der Waals surface area (Å²) >= 11 is 4.17. The molecule has 5 heterocycles. The van der Waals surface area contributed by atoms with E-state index in [0.717, 1.165) is 14.6 Å². The lowest BCUT2D eigenvalue weighted by molar-refractivity contribution is -0.143. The third-order valence-corrected chi connectivity index (χ3v) is 12.2. The lowest BCUT2D eigenvalue weighted by Crippen LogP contribution is -2.56. The molecule has 17 nitrogen and oxygen atoms in total. The van der Waals surface area contributed by atoms with Crippen LogP contribution in [0.3, 0.4) is 0 Å². The molecule has 316 valence electrons. The number of rotatable bonds is 23. The summed E-state index contributed by atoms with van der Waals surface area (Å²) < 4.78 is 23.5. The van der Waals surface area contributed by atoms with Crippen LogP contribution in [0.15, 0.2) is 52.5 Å². The molecule has 2 saturated heterocycles. The number of aliphatic carboxylic acids is 1. The second kappa shape index (κ2) is 23.1. The molecule has 0 unspecified atom stereocenters. The van der Waals surface area contributed by atoms with Crippen molar-refractivity contribution in [2.45, 2.75) is 113 Å². The van der Waals surface area contributed by atoms with E-state index in [4.69, 9.17) is 23.7 Å². The van der Waals surface area contributed by atoms with Gasteiger partial charge in [0.1, 0.15) is 0 Å². The van der Waals surface area contributed by atoms with Gasteiger partial charge in [-0.05, 0) is 72.9 Å². The fourth-order valence-electron chi connectivity index (χ4n) is 6.69. The number of hydrogen-bond donors (Lipinski definition) is 7. The molecule has 3 aromatic rings. The molecule has 59 heavy (non-hydrogen) atoms. The molecule has 0 radical (unpaired) electrons. The number of aliphatic hydroxyl groups excluding tert-OH is 1. The Kier molecular flexibility index (Phi) is 18.0. The van der Waals surface area contributed by atoms with Crippen LogP contribution in [0.4, 0.5) is 0 Å². The predicted octanol–water partition coefficient (Wildman–Crippen LogP) is 1.26. The summed E-state index contributed by atoms with van der Waals surface area (Å²) in [4.78, 5) is 78.4. The van der Waals surface area contributed by atoms with Crippen LogP contribution in [-0.2, 0) is 66.6 Å². The van der Waals surface area contributed by atoms with Crippen molar-refractivity contribution >= 4 is 91.0 Å². The monoisotopic (exact) mass is 873 g/mol. The van der Waals surface area contributed by atoms with Gasteiger partial charge in [-0.15, -0.1) is 34.0 Å². The van der Waals surface area contributed by atoms with Gasteiger partial charge in [0.05, 0.1) is 74.7 Å². The molecule has 0 bridgehead atoms. The molecule has 0 aromatic carbocycles. The zero-order valence-electron chi connectivity index (χ0n) is 32.0. The molecule has 7 N–H and O–H groups in total. The Morgan fingerprint density at radius 3 is 1.56 bits per heavy atom. The minimum atomic E-state index is -1.88. The summed E-state index contributed by atoms with van der Waals surface area (Å²) in [7, 11) is -4.44. The smallest absolute Gasteiger partial charge is 0.508 e. The first kappa shape index (κ1) is 46.0. The molecule has 23 heteroatoms. The van der Waals surface area contributed by atoms with Crippen molar-refractivity contribution in [3.63, 3.8) is 0 Å². The zero-order valence-corrected chi connectivity index (χ0v) is 34.4. The fourth-order valence-corrected chi connectivity index (χ4v) is 8.81. The highest BCUT2D eigenvalue weighted by molar-refractivity contribution is 7.10. The van der Waals surface area contributed by atoms with Crippen molar-refractivity contribution in [3.05, 3.63) is 67.2 Å². The first-order valence-corrected chi connectivity index (χ1v) is 21.8. The van der Waals surface area contributed by atoms with Gasteiger partial charge in [-0.2, -0.15) is 0 Å². The number of aliphatic hydroxyl groups is 1. The Morgan fingerprint density at radius 2 is 1.14 bits per heavy atom. The molecule has 2 aliphatic heterocycles. The van der Waals surface area contributed by atoms with Crippen molar-refractivity contribution in [3.8, 4) is 0 Å². The van der Waals surface area contributed by atoms with Crippen molar-refractivity contribution in [2.24, 2.45) is 0 Å². The second-order valence-electron chi connectivity index (χ2n) is 14.3. The lowest BCUT2D eigenvalue weighted by atomic mass is 9.71. The number of hydrogen-bond acceptors (Lipinski definition) is 16. The van der Waals surface area contributed by atoms with E-state index in [-0.39, 0.29) is 76.5 Å². The summed E-state index contributed by atoms with van der Waals surface area (Å²) in [5, 5.41) is 53.3. The largest absolute Gasteiger partial charge is 0.551 e. The average molecular weight is 873 g/mol. The molecule has 0 spiro atoms. The second-order valence-corrected chi connectivity index (χ2v) is 17.4.